The Morgan fingerprint density at radius 2 is 1.05 bits per heavy atom. The van der Waals surface area contributed by atoms with E-state index in [4.69, 9.17) is 9.47 Å². The van der Waals surface area contributed by atoms with Gasteiger partial charge in [0, 0.05) is 29.4 Å². The third kappa shape index (κ3) is 5.94. The van der Waals surface area contributed by atoms with E-state index in [0.717, 1.165) is 45.9 Å². The van der Waals surface area contributed by atoms with Crippen molar-refractivity contribution in [3.05, 3.63) is 149 Å². The van der Waals surface area contributed by atoms with Crippen molar-refractivity contribution < 1.29 is 14.3 Å². The van der Waals surface area contributed by atoms with Gasteiger partial charge < -0.3 is 14.4 Å². The number of carbonyl (C=O) groups is 1. The van der Waals surface area contributed by atoms with Crippen LogP contribution >= 0.6 is 0 Å². The minimum atomic E-state index is -0.475. The van der Waals surface area contributed by atoms with Crippen molar-refractivity contribution in [2.24, 2.45) is 0 Å². The number of hydrogen-bond acceptors (Lipinski definition) is 4. The molecule has 0 aliphatic heterocycles. The standard InChI is InChI=1S/C38H37NO3/c1-6-29-9-19-34(20-10-29)39(33-17-7-27(2)8-18-33)35-21-11-30(12-22-35)38(4,31-13-23-36(41-5)24-14-31)32-15-25-37(26-16-32)42-28(3)40/h7-26H,6H2,1-5H3. The zero-order valence-electron chi connectivity index (χ0n) is 24.9. The average molecular weight is 556 g/mol. The Bertz CT molecular complexity index is 1620. The van der Waals surface area contributed by atoms with E-state index in [1.165, 1.54) is 18.1 Å². The number of aryl methyl sites for hydroxylation is 2. The molecule has 4 heteroatoms. The summed E-state index contributed by atoms with van der Waals surface area (Å²) in [4.78, 5) is 13.8. The molecule has 212 valence electrons. The second-order valence-electron chi connectivity index (χ2n) is 10.7. The molecule has 0 bridgehead atoms. The summed E-state index contributed by atoms with van der Waals surface area (Å²) in [7, 11) is 1.68. The first-order valence-electron chi connectivity index (χ1n) is 14.3. The molecule has 0 N–H and O–H groups in total. The molecule has 1 unspecified atom stereocenters. The Labute approximate surface area is 249 Å². The van der Waals surface area contributed by atoms with Gasteiger partial charge in [0.2, 0.25) is 0 Å². The number of esters is 1. The molecule has 0 aliphatic carbocycles. The van der Waals surface area contributed by atoms with E-state index < -0.39 is 5.41 Å². The first kappa shape index (κ1) is 28.7. The number of anilines is 3. The van der Waals surface area contributed by atoms with Crippen molar-refractivity contribution in [3.8, 4) is 11.5 Å². The maximum atomic E-state index is 11.5. The molecule has 5 rings (SSSR count). The third-order valence-corrected chi connectivity index (χ3v) is 7.96. The van der Waals surface area contributed by atoms with E-state index in [0.29, 0.717) is 5.75 Å². The maximum Gasteiger partial charge on any atom is 0.308 e. The number of methoxy groups -OCH3 is 1. The van der Waals surface area contributed by atoms with Crippen LogP contribution in [0.5, 0.6) is 11.5 Å². The van der Waals surface area contributed by atoms with Gasteiger partial charge in [-0.05, 0) is 103 Å². The molecule has 5 aromatic rings. The predicted octanol–water partition coefficient (Wildman–Crippen LogP) is 9.32. The van der Waals surface area contributed by atoms with E-state index in [1.54, 1.807) is 7.11 Å². The molecule has 1 atom stereocenters. The highest BCUT2D eigenvalue weighted by molar-refractivity contribution is 5.77. The Kier molecular flexibility index (Phi) is 8.44. The van der Waals surface area contributed by atoms with Crippen molar-refractivity contribution in [1.82, 2.24) is 0 Å². The minimum Gasteiger partial charge on any atom is -0.497 e. The lowest BCUT2D eigenvalue weighted by Gasteiger charge is -2.33. The lowest BCUT2D eigenvalue weighted by atomic mass is 9.71. The first-order valence-corrected chi connectivity index (χ1v) is 14.3. The van der Waals surface area contributed by atoms with Crippen LogP contribution in [0.3, 0.4) is 0 Å². The lowest BCUT2D eigenvalue weighted by molar-refractivity contribution is -0.131. The van der Waals surface area contributed by atoms with Gasteiger partial charge in [-0.25, -0.2) is 0 Å². The van der Waals surface area contributed by atoms with E-state index in [1.807, 2.05) is 36.4 Å². The summed E-state index contributed by atoms with van der Waals surface area (Å²) in [5, 5.41) is 0. The molecule has 0 heterocycles. The van der Waals surface area contributed by atoms with Crippen LogP contribution in [0, 0.1) is 6.92 Å². The molecular formula is C38H37NO3. The normalized spacial score (nSPS) is 12.3. The van der Waals surface area contributed by atoms with Crippen LogP contribution in [0.2, 0.25) is 0 Å². The van der Waals surface area contributed by atoms with Crippen LogP contribution in [-0.4, -0.2) is 13.1 Å². The molecule has 0 fully saturated rings. The minimum absolute atomic E-state index is 0.335. The fraction of sp³-hybridized carbons (Fsp3) is 0.184. The SMILES string of the molecule is CCc1ccc(N(c2ccc(C)cc2)c2ccc(C(C)(c3ccc(OC)cc3)c3ccc(OC(C)=O)cc3)cc2)cc1. The summed E-state index contributed by atoms with van der Waals surface area (Å²) in [5.74, 6) is 1.00. The van der Waals surface area contributed by atoms with Crippen molar-refractivity contribution in [2.45, 2.75) is 39.5 Å². The van der Waals surface area contributed by atoms with Gasteiger partial charge in [-0.3, -0.25) is 4.79 Å². The van der Waals surface area contributed by atoms with Gasteiger partial charge in [0.25, 0.3) is 0 Å². The van der Waals surface area contributed by atoms with Crippen LogP contribution in [0.25, 0.3) is 0 Å². The fourth-order valence-electron chi connectivity index (χ4n) is 5.41. The van der Waals surface area contributed by atoms with E-state index in [2.05, 4.69) is 111 Å². The van der Waals surface area contributed by atoms with Gasteiger partial charge in [0.05, 0.1) is 7.11 Å². The molecule has 42 heavy (non-hydrogen) atoms. The van der Waals surface area contributed by atoms with Crippen molar-refractivity contribution in [2.75, 3.05) is 12.0 Å². The van der Waals surface area contributed by atoms with Crippen molar-refractivity contribution >= 4 is 23.0 Å². The molecule has 0 saturated carbocycles. The van der Waals surface area contributed by atoms with Crippen LogP contribution in [0.15, 0.2) is 121 Å². The zero-order valence-corrected chi connectivity index (χ0v) is 24.9. The van der Waals surface area contributed by atoms with Crippen molar-refractivity contribution in [3.63, 3.8) is 0 Å². The summed E-state index contributed by atoms with van der Waals surface area (Å²) >= 11 is 0. The largest absolute Gasteiger partial charge is 0.497 e. The second kappa shape index (κ2) is 12.4. The summed E-state index contributed by atoms with van der Waals surface area (Å²) in [5.41, 5.74) is 8.72. The highest BCUT2D eigenvalue weighted by atomic mass is 16.5. The monoisotopic (exact) mass is 555 g/mol. The Morgan fingerprint density at radius 3 is 1.48 bits per heavy atom. The molecule has 5 aromatic carbocycles. The van der Waals surface area contributed by atoms with Crippen molar-refractivity contribution in [1.29, 1.82) is 0 Å². The topological polar surface area (TPSA) is 38.8 Å². The highest BCUT2D eigenvalue weighted by Crippen LogP contribution is 2.42. The van der Waals surface area contributed by atoms with Gasteiger partial charge in [-0.1, -0.05) is 73.2 Å². The van der Waals surface area contributed by atoms with E-state index in [-0.39, 0.29) is 5.97 Å². The van der Waals surface area contributed by atoms with Crippen LogP contribution in [0.4, 0.5) is 17.1 Å². The second-order valence-corrected chi connectivity index (χ2v) is 10.7. The summed E-state index contributed by atoms with van der Waals surface area (Å²) in [6.07, 6.45) is 1.01. The molecule has 4 nitrogen and oxygen atoms in total. The quantitative estimate of drug-likeness (QED) is 0.103. The molecule has 0 radical (unpaired) electrons. The smallest absolute Gasteiger partial charge is 0.308 e. The van der Waals surface area contributed by atoms with Gasteiger partial charge in [-0.15, -0.1) is 0 Å². The van der Waals surface area contributed by atoms with Gasteiger partial charge in [-0.2, -0.15) is 0 Å². The van der Waals surface area contributed by atoms with Crippen LogP contribution in [0.1, 0.15) is 48.6 Å². The number of nitrogens with zero attached hydrogens (tertiary/aromatic N) is 1. The third-order valence-electron chi connectivity index (χ3n) is 7.96. The molecule has 0 aliphatic rings. The Hall–Kier alpha value is -4.83. The number of rotatable bonds is 9. The summed E-state index contributed by atoms with van der Waals surface area (Å²) in [6, 6.07) is 42.2. The fourth-order valence-corrected chi connectivity index (χ4v) is 5.41. The number of carbonyl (C=O) groups excluding carboxylic acids is 1. The Morgan fingerprint density at radius 1 is 0.643 bits per heavy atom. The first-order chi connectivity index (χ1) is 20.3. The molecule has 0 amide bonds. The number of hydrogen-bond donors (Lipinski definition) is 0. The van der Waals surface area contributed by atoms with E-state index >= 15 is 0 Å². The molecule has 0 saturated heterocycles. The predicted molar refractivity (Wildman–Crippen MR) is 172 cm³/mol. The van der Waals surface area contributed by atoms with Gasteiger partial charge in [0.15, 0.2) is 0 Å². The lowest BCUT2D eigenvalue weighted by Crippen LogP contribution is -2.25. The molecule has 0 spiro atoms. The van der Waals surface area contributed by atoms with Gasteiger partial charge >= 0.3 is 5.97 Å². The Balaban J connectivity index is 1.59. The zero-order chi connectivity index (χ0) is 29.7. The van der Waals surface area contributed by atoms with E-state index in [9.17, 15) is 4.79 Å². The summed E-state index contributed by atoms with van der Waals surface area (Å²) in [6.45, 7) is 7.92. The molecular weight excluding hydrogens is 518 g/mol. The van der Waals surface area contributed by atoms with Gasteiger partial charge in [0.1, 0.15) is 11.5 Å². The number of benzene rings is 5. The van der Waals surface area contributed by atoms with Crippen LogP contribution < -0.4 is 14.4 Å². The average Bonchev–Trinajstić information content (AvgIpc) is 3.02. The van der Waals surface area contributed by atoms with Crippen LogP contribution in [-0.2, 0) is 16.6 Å². The highest BCUT2D eigenvalue weighted by Gasteiger charge is 2.31. The molecule has 0 aromatic heterocycles. The maximum absolute atomic E-state index is 11.5. The number of ether oxygens (including phenoxy) is 2. The summed E-state index contributed by atoms with van der Waals surface area (Å²) < 4.78 is 10.8.